The topological polar surface area (TPSA) is 64.6 Å². The van der Waals surface area contributed by atoms with Crippen LogP contribution >= 0.6 is 0 Å². The number of nitrogens with zero attached hydrogens (tertiary/aromatic N) is 1. The lowest BCUT2D eigenvalue weighted by Crippen LogP contribution is -2.54. The van der Waals surface area contributed by atoms with Crippen LogP contribution in [0.4, 0.5) is 4.79 Å². The van der Waals surface area contributed by atoms with Crippen LogP contribution in [0.5, 0.6) is 0 Å². The molecule has 2 unspecified atom stereocenters. The third kappa shape index (κ3) is 3.97. The van der Waals surface area contributed by atoms with Gasteiger partial charge in [0.15, 0.2) is 0 Å². The fourth-order valence-electron chi connectivity index (χ4n) is 5.44. The van der Waals surface area contributed by atoms with E-state index in [1.54, 1.807) is 0 Å². The van der Waals surface area contributed by atoms with Gasteiger partial charge < -0.3 is 15.7 Å². The second-order valence-corrected chi connectivity index (χ2v) is 9.05. The van der Waals surface area contributed by atoms with Crippen LogP contribution in [0, 0.1) is 11.3 Å². The van der Waals surface area contributed by atoms with Gasteiger partial charge in [0.05, 0.1) is 6.10 Å². The number of hydrogen-bond donors (Lipinski definition) is 3. The van der Waals surface area contributed by atoms with Gasteiger partial charge in [-0.25, -0.2) is 4.79 Å². The van der Waals surface area contributed by atoms with E-state index in [2.05, 4.69) is 15.5 Å². The zero-order chi connectivity index (χ0) is 17.3. The summed E-state index contributed by atoms with van der Waals surface area (Å²) in [6.07, 6.45) is 13.0. The van der Waals surface area contributed by atoms with Crippen molar-refractivity contribution in [2.24, 2.45) is 11.3 Å². The summed E-state index contributed by atoms with van der Waals surface area (Å²) in [7, 11) is 0. The van der Waals surface area contributed by atoms with Crippen LogP contribution in [0.25, 0.3) is 0 Å². The molecule has 0 aromatic carbocycles. The number of carbonyl (C=O) groups excluding carboxylic acids is 1. The Hall–Kier alpha value is -0.810. The molecule has 0 aromatic heterocycles. The molecule has 4 rings (SSSR count). The lowest BCUT2D eigenvalue weighted by Gasteiger charge is -2.43. The highest BCUT2D eigenvalue weighted by Gasteiger charge is 2.49. The zero-order valence-corrected chi connectivity index (χ0v) is 15.5. The second-order valence-electron chi connectivity index (χ2n) is 9.05. The minimum Gasteiger partial charge on any atom is -0.391 e. The molecule has 3 N–H and O–H groups in total. The molecule has 2 atom stereocenters. The van der Waals surface area contributed by atoms with Gasteiger partial charge in [0, 0.05) is 31.7 Å². The molecule has 3 aliphatic carbocycles. The van der Waals surface area contributed by atoms with Crippen molar-refractivity contribution in [1.29, 1.82) is 0 Å². The van der Waals surface area contributed by atoms with Crippen molar-refractivity contribution in [3.63, 3.8) is 0 Å². The van der Waals surface area contributed by atoms with E-state index in [0.717, 1.165) is 57.7 Å². The molecule has 0 bridgehead atoms. The number of rotatable bonds is 5. The van der Waals surface area contributed by atoms with Crippen LogP contribution in [0.1, 0.15) is 70.6 Å². The maximum Gasteiger partial charge on any atom is 0.315 e. The maximum absolute atomic E-state index is 12.3. The van der Waals surface area contributed by atoms with E-state index in [4.69, 9.17) is 0 Å². The SMILES string of the molecule is O=C(NCC1(C2CC2)CCC1)NC1CCN(C2CCCCC2O)CC1. The summed E-state index contributed by atoms with van der Waals surface area (Å²) >= 11 is 0. The number of aliphatic hydroxyl groups excluding tert-OH is 1. The highest BCUT2D eigenvalue weighted by molar-refractivity contribution is 5.74. The smallest absolute Gasteiger partial charge is 0.315 e. The third-order valence-electron chi connectivity index (χ3n) is 7.42. The highest BCUT2D eigenvalue weighted by Crippen LogP contribution is 2.56. The standard InChI is InChI=1S/C20H35N3O2/c24-18-5-2-1-4-17(18)23-12-8-16(9-13-23)22-19(25)21-14-20(10-3-11-20)15-6-7-15/h15-18,24H,1-14H2,(H2,21,22,25). The minimum atomic E-state index is -0.150. The number of nitrogens with one attached hydrogen (secondary N) is 2. The summed E-state index contributed by atoms with van der Waals surface area (Å²) in [6.45, 7) is 2.87. The van der Waals surface area contributed by atoms with Crippen molar-refractivity contribution in [2.75, 3.05) is 19.6 Å². The first kappa shape index (κ1) is 17.6. The minimum absolute atomic E-state index is 0.0306. The van der Waals surface area contributed by atoms with Crippen molar-refractivity contribution in [3.8, 4) is 0 Å². The van der Waals surface area contributed by atoms with Gasteiger partial charge >= 0.3 is 6.03 Å². The van der Waals surface area contributed by atoms with Crippen LogP contribution in [0.15, 0.2) is 0 Å². The van der Waals surface area contributed by atoms with E-state index in [1.807, 2.05) is 0 Å². The summed E-state index contributed by atoms with van der Waals surface area (Å²) in [6, 6.07) is 0.666. The Morgan fingerprint density at radius 2 is 1.72 bits per heavy atom. The number of hydrogen-bond acceptors (Lipinski definition) is 3. The normalized spacial score (nSPS) is 33.5. The van der Waals surface area contributed by atoms with Crippen molar-refractivity contribution in [2.45, 2.75) is 88.8 Å². The fourth-order valence-corrected chi connectivity index (χ4v) is 5.44. The summed E-state index contributed by atoms with van der Waals surface area (Å²) in [4.78, 5) is 14.8. The number of carbonyl (C=O) groups is 1. The lowest BCUT2D eigenvalue weighted by atomic mass is 9.65. The van der Waals surface area contributed by atoms with Gasteiger partial charge in [-0.05, 0) is 62.7 Å². The quantitative estimate of drug-likeness (QED) is 0.715. The first-order valence-electron chi connectivity index (χ1n) is 10.6. The largest absolute Gasteiger partial charge is 0.391 e. The van der Waals surface area contributed by atoms with E-state index in [1.165, 1.54) is 38.5 Å². The number of aliphatic hydroxyl groups is 1. The Labute approximate surface area is 151 Å². The van der Waals surface area contributed by atoms with Gasteiger partial charge in [-0.1, -0.05) is 19.3 Å². The summed E-state index contributed by atoms with van der Waals surface area (Å²) in [5, 5.41) is 16.6. The van der Waals surface area contributed by atoms with Gasteiger partial charge in [0.25, 0.3) is 0 Å². The molecule has 0 spiro atoms. The molecule has 5 nitrogen and oxygen atoms in total. The van der Waals surface area contributed by atoms with E-state index in [-0.39, 0.29) is 18.2 Å². The van der Waals surface area contributed by atoms with E-state index < -0.39 is 0 Å². The van der Waals surface area contributed by atoms with E-state index in [9.17, 15) is 9.90 Å². The highest BCUT2D eigenvalue weighted by atomic mass is 16.3. The molecule has 1 saturated heterocycles. The first-order chi connectivity index (χ1) is 12.2. The van der Waals surface area contributed by atoms with Gasteiger partial charge in [-0.3, -0.25) is 4.90 Å². The number of piperidine rings is 1. The molecule has 1 aliphatic heterocycles. The monoisotopic (exact) mass is 349 g/mol. The number of urea groups is 1. The molecule has 25 heavy (non-hydrogen) atoms. The van der Waals surface area contributed by atoms with Gasteiger partial charge in [0.1, 0.15) is 0 Å². The van der Waals surface area contributed by atoms with Gasteiger partial charge in [0.2, 0.25) is 0 Å². The average molecular weight is 350 g/mol. The predicted octanol–water partition coefficient (Wildman–Crippen LogP) is 2.63. The zero-order valence-electron chi connectivity index (χ0n) is 15.5. The predicted molar refractivity (Wildman–Crippen MR) is 98.4 cm³/mol. The van der Waals surface area contributed by atoms with Crippen LogP contribution in [0.2, 0.25) is 0 Å². The third-order valence-corrected chi connectivity index (χ3v) is 7.42. The molecule has 4 fully saturated rings. The van der Waals surface area contributed by atoms with Crippen LogP contribution in [-0.2, 0) is 0 Å². The average Bonchev–Trinajstić information content (AvgIpc) is 3.41. The van der Waals surface area contributed by atoms with Crippen LogP contribution in [-0.4, -0.2) is 53.9 Å². The molecule has 0 aromatic rings. The fraction of sp³-hybridized carbons (Fsp3) is 0.950. The van der Waals surface area contributed by atoms with Crippen LogP contribution < -0.4 is 10.6 Å². The Bertz CT molecular complexity index is 468. The van der Waals surface area contributed by atoms with Crippen LogP contribution in [0.3, 0.4) is 0 Å². The number of amides is 2. The molecular weight excluding hydrogens is 314 g/mol. The van der Waals surface area contributed by atoms with Gasteiger partial charge in [-0.15, -0.1) is 0 Å². The lowest BCUT2D eigenvalue weighted by molar-refractivity contribution is 0.00772. The molecular formula is C20H35N3O2. The summed E-state index contributed by atoms with van der Waals surface area (Å²) in [5.41, 5.74) is 0.442. The summed E-state index contributed by atoms with van der Waals surface area (Å²) in [5.74, 6) is 0.881. The van der Waals surface area contributed by atoms with E-state index >= 15 is 0 Å². The first-order valence-corrected chi connectivity index (χ1v) is 10.6. The Morgan fingerprint density at radius 3 is 2.32 bits per heavy atom. The van der Waals surface area contributed by atoms with E-state index in [0.29, 0.717) is 11.5 Å². The molecule has 4 aliphatic rings. The Balaban J connectivity index is 1.17. The molecule has 5 heteroatoms. The molecule has 0 radical (unpaired) electrons. The molecule has 142 valence electrons. The second kappa shape index (κ2) is 7.43. The van der Waals surface area contributed by atoms with Crippen molar-refractivity contribution < 1.29 is 9.90 Å². The van der Waals surface area contributed by atoms with Crippen molar-refractivity contribution >= 4 is 6.03 Å². The Morgan fingerprint density at radius 1 is 1.00 bits per heavy atom. The van der Waals surface area contributed by atoms with Crippen molar-refractivity contribution in [1.82, 2.24) is 15.5 Å². The molecule has 3 saturated carbocycles. The Kier molecular flexibility index (Phi) is 5.23. The van der Waals surface area contributed by atoms with Gasteiger partial charge in [-0.2, -0.15) is 0 Å². The van der Waals surface area contributed by atoms with Crippen molar-refractivity contribution in [3.05, 3.63) is 0 Å². The maximum atomic E-state index is 12.3. The number of likely N-dealkylation sites (tertiary alicyclic amines) is 1. The molecule has 2 amide bonds. The summed E-state index contributed by atoms with van der Waals surface area (Å²) < 4.78 is 0. The molecule has 1 heterocycles.